The van der Waals surface area contributed by atoms with Crippen LogP contribution in [0.2, 0.25) is 0 Å². The molecule has 0 aromatic rings. The average Bonchev–Trinajstić information content (AvgIpc) is 2.84. The first kappa shape index (κ1) is 13.3. The van der Waals surface area contributed by atoms with Gasteiger partial charge in [-0.05, 0) is 45.9 Å². The summed E-state index contributed by atoms with van der Waals surface area (Å²) in [6.07, 6.45) is 4.00. The van der Waals surface area contributed by atoms with E-state index in [1.165, 1.54) is 65.1 Å². The van der Waals surface area contributed by atoms with Crippen molar-refractivity contribution >= 4 is 0 Å². The summed E-state index contributed by atoms with van der Waals surface area (Å²) >= 11 is 0. The lowest BCUT2D eigenvalue weighted by molar-refractivity contribution is 0.152. The third-order valence-corrected chi connectivity index (χ3v) is 3.98. The molecule has 17 heavy (non-hydrogen) atoms. The lowest BCUT2D eigenvalue weighted by atomic mass is 10.2. The first-order valence-corrected chi connectivity index (χ1v) is 7.19. The Bertz CT molecular complexity index is 196. The topological polar surface area (TPSA) is 30.5 Å². The maximum absolute atomic E-state index is 3.58. The molecule has 0 aromatic heterocycles. The zero-order valence-electron chi connectivity index (χ0n) is 11.2. The van der Waals surface area contributed by atoms with E-state index < -0.39 is 0 Å². The predicted molar refractivity (Wildman–Crippen MR) is 72.4 cm³/mol. The fraction of sp³-hybridized carbons (Fsp3) is 1.00. The number of nitrogens with zero attached hydrogens (tertiary/aromatic N) is 2. The molecule has 0 radical (unpaired) electrons. The molecule has 100 valence electrons. The largest absolute Gasteiger partial charge is 0.315 e. The van der Waals surface area contributed by atoms with Gasteiger partial charge in [-0.1, -0.05) is 0 Å². The van der Waals surface area contributed by atoms with Gasteiger partial charge < -0.3 is 20.4 Å². The highest BCUT2D eigenvalue weighted by molar-refractivity contribution is 4.76. The van der Waals surface area contributed by atoms with Crippen molar-refractivity contribution in [3.63, 3.8) is 0 Å². The second-order valence-corrected chi connectivity index (χ2v) is 5.50. The van der Waals surface area contributed by atoms with Crippen LogP contribution in [0.5, 0.6) is 0 Å². The minimum atomic E-state index is 0.735. The predicted octanol–water partition coefficient (Wildman–Crippen LogP) is -0.0345. The number of hydrogen-bond acceptors (Lipinski definition) is 4. The minimum absolute atomic E-state index is 0.735. The summed E-state index contributed by atoms with van der Waals surface area (Å²) < 4.78 is 0. The van der Waals surface area contributed by atoms with Crippen LogP contribution >= 0.6 is 0 Å². The highest BCUT2D eigenvalue weighted by atomic mass is 15.2. The average molecular weight is 240 g/mol. The van der Waals surface area contributed by atoms with Crippen LogP contribution in [0.1, 0.15) is 19.3 Å². The molecule has 1 unspecified atom stereocenters. The molecule has 2 fully saturated rings. The van der Waals surface area contributed by atoms with Crippen LogP contribution in [0.15, 0.2) is 0 Å². The number of hydrogen-bond donors (Lipinski definition) is 2. The Balaban J connectivity index is 1.43. The van der Waals surface area contributed by atoms with Crippen molar-refractivity contribution in [1.29, 1.82) is 0 Å². The lowest BCUT2D eigenvalue weighted by Gasteiger charge is -2.32. The maximum Gasteiger partial charge on any atom is 0.0192 e. The number of piperazine rings is 1. The van der Waals surface area contributed by atoms with Gasteiger partial charge in [0, 0.05) is 38.8 Å². The van der Waals surface area contributed by atoms with E-state index in [9.17, 15) is 0 Å². The van der Waals surface area contributed by atoms with E-state index in [-0.39, 0.29) is 0 Å². The van der Waals surface area contributed by atoms with E-state index in [0.29, 0.717) is 0 Å². The fourth-order valence-electron chi connectivity index (χ4n) is 2.71. The van der Waals surface area contributed by atoms with Crippen molar-refractivity contribution < 1.29 is 0 Å². The SMILES string of the molecule is CN1CCN(CCCNCC2CCCN2)CC1. The van der Waals surface area contributed by atoms with Crippen molar-refractivity contribution in [2.75, 3.05) is 59.4 Å². The molecule has 2 N–H and O–H groups in total. The number of rotatable bonds is 6. The van der Waals surface area contributed by atoms with Crippen molar-refractivity contribution in [3.8, 4) is 0 Å². The van der Waals surface area contributed by atoms with Crippen LogP contribution < -0.4 is 10.6 Å². The van der Waals surface area contributed by atoms with Gasteiger partial charge in [0.2, 0.25) is 0 Å². The molecule has 2 rings (SSSR count). The molecule has 0 aliphatic carbocycles. The molecule has 0 spiro atoms. The molecule has 4 nitrogen and oxygen atoms in total. The molecule has 0 saturated carbocycles. The summed E-state index contributed by atoms with van der Waals surface area (Å²) in [5.74, 6) is 0. The lowest BCUT2D eigenvalue weighted by Crippen LogP contribution is -2.45. The normalized spacial score (nSPS) is 27.7. The minimum Gasteiger partial charge on any atom is -0.315 e. The Morgan fingerprint density at radius 2 is 2.06 bits per heavy atom. The number of nitrogens with one attached hydrogen (secondary N) is 2. The summed E-state index contributed by atoms with van der Waals surface area (Å²) in [6.45, 7) is 9.78. The summed E-state index contributed by atoms with van der Waals surface area (Å²) in [5.41, 5.74) is 0. The second kappa shape index (κ2) is 7.31. The molecule has 2 heterocycles. The van der Waals surface area contributed by atoms with Crippen LogP contribution in [0.4, 0.5) is 0 Å². The van der Waals surface area contributed by atoms with Gasteiger partial charge >= 0.3 is 0 Å². The zero-order chi connectivity index (χ0) is 11.9. The molecule has 2 aliphatic heterocycles. The molecular weight excluding hydrogens is 212 g/mol. The van der Waals surface area contributed by atoms with Crippen LogP contribution in [-0.4, -0.2) is 75.2 Å². The van der Waals surface area contributed by atoms with Gasteiger partial charge in [-0.3, -0.25) is 0 Å². The summed E-state index contributed by atoms with van der Waals surface area (Å²) in [5, 5.41) is 7.10. The van der Waals surface area contributed by atoms with Crippen molar-refractivity contribution in [1.82, 2.24) is 20.4 Å². The third-order valence-electron chi connectivity index (χ3n) is 3.98. The molecule has 0 aromatic carbocycles. The Morgan fingerprint density at radius 3 is 2.76 bits per heavy atom. The molecule has 0 bridgehead atoms. The molecule has 0 amide bonds. The van der Waals surface area contributed by atoms with Gasteiger partial charge in [0.1, 0.15) is 0 Å². The van der Waals surface area contributed by atoms with Gasteiger partial charge in [0.25, 0.3) is 0 Å². The second-order valence-electron chi connectivity index (χ2n) is 5.50. The van der Waals surface area contributed by atoms with Gasteiger partial charge in [0.05, 0.1) is 0 Å². The molecule has 2 saturated heterocycles. The Morgan fingerprint density at radius 1 is 1.24 bits per heavy atom. The van der Waals surface area contributed by atoms with Gasteiger partial charge in [0.15, 0.2) is 0 Å². The highest BCUT2D eigenvalue weighted by Gasteiger charge is 2.14. The Hall–Kier alpha value is -0.160. The van der Waals surface area contributed by atoms with Gasteiger partial charge in [-0.2, -0.15) is 0 Å². The van der Waals surface area contributed by atoms with Crippen molar-refractivity contribution in [2.45, 2.75) is 25.3 Å². The molecule has 2 aliphatic rings. The maximum atomic E-state index is 3.58. The molecular formula is C13H28N4. The van der Waals surface area contributed by atoms with Crippen LogP contribution in [0.3, 0.4) is 0 Å². The van der Waals surface area contributed by atoms with Crippen LogP contribution in [-0.2, 0) is 0 Å². The van der Waals surface area contributed by atoms with E-state index in [4.69, 9.17) is 0 Å². The number of likely N-dealkylation sites (N-methyl/N-ethyl adjacent to an activating group) is 1. The monoisotopic (exact) mass is 240 g/mol. The summed E-state index contributed by atoms with van der Waals surface area (Å²) in [4.78, 5) is 5.01. The Labute approximate surface area is 106 Å². The van der Waals surface area contributed by atoms with Crippen LogP contribution in [0.25, 0.3) is 0 Å². The van der Waals surface area contributed by atoms with E-state index in [0.717, 1.165) is 12.6 Å². The van der Waals surface area contributed by atoms with Crippen molar-refractivity contribution in [2.24, 2.45) is 0 Å². The van der Waals surface area contributed by atoms with E-state index in [2.05, 4.69) is 27.5 Å². The quantitative estimate of drug-likeness (QED) is 0.638. The smallest absolute Gasteiger partial charge is 0.0192 e. The first-order chi connectivity index (χ1) is 8.34. The highest BCUT2D eigenvalue weighted by Crippen LogP contribution is 2.03. The first-order valence-electron chi connectivity index (χ1n) is 7.19. The van der Waals surface area contributed by atoms with E-state index in [1.54, 1.807) is 0 Å². The molecule has 4 heteroatoms. The summed E-state index contributed by atoms with van der Waals surface area (Å²) in [6, 6.07) is 0.735. The molecule has 1 atom stereocenters. The van der Waals surface area contributed by atoms with E-state index in [1.807, 2.05) is 0 Å². The zero-order valence-corrected chi connectivity index (χ0v) is 11.2. The van der Waals surface area contributed by atoms with Gasteiger partial charge in [-0.15, -0.1) is 0 Å². The standard InChI is InChI=1S/C13H28N4/c1-16-8-10-17(11-9-16)7-3-5-14-12-13-4-2-6-15-13/h13-15H,2-12H2,1H3. The fourth-order valence-corrected chi connectivity index (χ4v) is 2.71. The Kier molecular flexibility index (Phi) is 5.71. The van der Waals surface area contributed by atoms with Gasteiger partial charge in [-0.25, -0.2) is 0 Å². The summed E-state index contributed by atoms with van der Waals surface area (Å²) in [7, 11) is 2.22. The third kappa shape index (κ3) is 4.92. The van der Waals surface area contributed by atoms with E-state index >= 15 is 0 Å². The van der Waals surface area contributed by atoms with Crippen LogP contribution in [0, 0.1) is 0 Å². The van der Waals surface area contributed by atoms with Crippen molar-refractivity contribution in [3.05, 3.63) is 0 Å².